The average Bonchev–Trinajstić information content (AvgIpc) is 2.98. The van der Waals surface area contributed by atoms with Crippen LogP contribution in [0.25, 0.3) is 5.95 Å². The van der Waals surface area contributed by atoms with E-state index in [4.69, 9.17) is 5.73 Å². The molecule has 0 bridgehead atoms. The first-order chi connectivity index (χ1) is 8.72. The highest BCUT2D eigenvalue weighted by atomic mass is 16.3. The van der Waals surface area contributed by atoms with Gasteiger partial charge in [-0.1, -0.05) is 0 Å². The number of nitrogen functional groups attached to an aromatic ring is 1. The van der Waals surface area contributed by atoms with E-state index in [0.717, 1.165) is 0 Å². The summed E-state index contributed by atoms with van der Waals surface area (Å²) >= 11 is 0. The van der Waals surface area contributed by atoms with Crippen LogP contribution in [0.5, 0.6) is 0 Å². The number of nitrogens with zero attached hydrogens (tertiary/aromatic N) is 6. The molecule has 2 aromatic heterocycles. The van der Waals surface area contributed by atoms with Crippen molar-refractivity contribution in [2.75, 3.05) is 23.7 Å². The predicted molar refractivity (Wildman–Crippen MR) is 64.2 cm³/mol. The molecule has 3 rings (SSSR count). The minimum absolute atomic E-state index is 0.145. The van der Waals surface area contributed by atoms with Gasteiger partial charge in [0.2, 0.25) is 11.9 Å². The van der Waals surface area contributed by atoms with Gasteiger partial charge < -0.3 is 15.7 Å². The Kier molecular flexibility index (Phi) is 2.56. The van der Waals surface area contributed by atoms with Gasteiger partial charge in [0.25, 0.3) is 5.95 Å². The minimum Gasteiger partial charge on any atom is -0.391 e. The van der Waals surface area contributed by atoms with Crippen LogP contribution in [-0.2, 0) is 0 Å². The molecule has 0 aromatic carbocycles. The smallest absolute Gasteiger partial charge is 0.257 e. The van der Waals surface area contributed by atoms with E-state index in [-0.39, 0.29) is 12.1 Å². The van der Waals surface area contributed by atoms with Crippen LogP contribution in [0.15, 0.2) is 18.5 Å². The van der Waals surface area contributed by atoms with E-state index < -0.39 is 0 Å². The Morgan fingerprint density at radius 1 is 1.28 bits per heavy atom. The molecule has 0 radical (unpaired) electrons. The summed E-state index contributed by atoms with van der Waals surface area (Å²) in [5.41, 5.74) is 5.68. The maximum Gasteiger partial charge on any atom is 0.257 e. The standard InChI is InChI=1S/C10H13N7O/c11-8-13-9(16-5-2-7(18)6-16)15-10(14-8)17-4-1-3-12-17/h1,3-4,7,18H,2,5-6H2,(H2,11,13,14,15). The van der Waals surface area contributed by atoms with Crippen LogP contribution >= 0.6 is 0 Å². The molecule has 1 saturated heterocycles. The maximum atomic E-state index is 9.52. The lowest BCUT2D eigenvalue weighted by Crippen LogP contribution is -2.25. The summed E-state index contributed by atoms with van der Waals surface area (Å²) in [5.74, 6) is 1.00. The molecule has 1 aliphatic rings. The van der Waals surface area contributed by atoms with Gasteiger partial charge >= 0.3 is 0 Å². The molecule has 1 atom stereocenters. The Balaban J connectivity index is 1.96. The molecule has 94 valence electrons. The molecule has 3 heterocycles. The zero-order chi connectivity index (χ0) is 12.5. The monoisotopic (exact) mass is 247 g/mol. The predicted octanol–water partition coefficient (Wildman–Crippen LogP) is -0.790. The number of hydrogen-bond donors (Lipinski definition) is 2. The lowest BCUT2D eigenvalue weighted by molar-refractivity contribution is 0.198. The van der Waals surface area contributed by atoms with Crippen LogP contribution in [0.2, 0.25) is 0 Å². The summed E-state index contributed by atoms with van der Waals surface area (Å²) < 4.78 is 1.52. The fourth-order valence-corrected chi connectivity index (χ4v) is 1.92. The van der Waals surface area contributed by atoms with Gasteiger partial charge in [0, 0.05) is 25.5 Å². The van der Waals surface area contributed by atoms with Crippen molar-refractivity contribution < 1.29 is 5.11 Å². The number of rotatable bonds is 2. The normalized spacial score (nSPS) is 19.4. The molecule has 2 aromatic rings. The third-order valence-corrected chi connectivity index (χ3v) is 2.78. The molecule has 0 saturated carbocycles. The molecule has 0 spiro atoms. The Morgan fingerprint density at radius 2 is 2.11 bits per heavy atom. The van der Waals surface area contributed by atoms with Crippen LogP contribution in [0.1, 0.15) is 6.42 Å². The van der Waals surface area contributed by atoms with Crippen LogP contribution in [0, 0.1) is 0 Å². The summed E-state index contributed by atoms with van der Waals surface area (Å²) in [5, 5.41) is 13.6. The number of anilines is 2. The molecule has 3 N–H and O–H groups in total. The highest BCUT2D eigenvalue weighted by Crippen LogP contribution is 2.17. The fraction of sp³-hybridized carbons (Fsp3) is 0.400. The lowest BCUT2D eigenvalue weighted by Gasteiger charge is -2.15. The third kappa shape index (κ3) is 1.97. The van der Waals surface area contributed by atoms with Gasteiger partial charge in [0.1, 0.15) is 0 Å². The Morgan fingerprint density at radius 3 is 2.78 bits per heavy atom. The summed E-state index contributed by atoms with van der Waals surface area (Å²) in [4.78, 5) is 14.3. The van der Waals surface area contributed by atoms with Crippen LogP contribution in [0.4, 0.5) is 11.9 Å². The SMILES string of the molecule is Nc1nc(N2CCC(O)C2)nc(-n2cccn2)n1. The number of aromatic nitrogens is 5. The topological polar surface area (TPSA) is 106 Å². The van der Waals surface area contributed by atoms with Crippen molar-refractivity contribution in [3.63, 3.8) is 0 Å². The van der Waals surface area contributed by atoms with Crippen molar-refractivity contribution >= 4 is 11.9 Å². The van der Waals surface area contributed by atoms with E-state index in [1.54, 1.807) is 18.5 Å². The highest BCUT2D eigenvalue weighted by molar-refractivity contribution is 5.38. The first-order valence-corrected chi connectivity index (χ1v) is 5.67. The van der Waals surface area contributed by atoms with E-state index in [9.17, 15) is 5.11 Å². The van der Waals surface area contributed by atoms with Crippen LogP contribution in [0.3, 0.4) is 0 Å². The second kappa shape index (κ2) is 4.22. The Bertz CT molecular complexity index is 541. The summed E-state index contributed by atoms with van der Waals surface area (Å²) in [7, 11) is 0. The van der Waals surface area contributed by atoms with Crippen LogP contribution < -0.4 is 10.6 Å². The molecule has 0 aliphatic carbocycles. The zero-order valence-electron chi connectivity index (χ0n) is 9.64. The number of nitrogens with two attached hydrogens (primary N) is 1. The summed E-state index contributed by atoms with van der Waals surface area (Å²) in [6.07, 6.45) is 3.75. The lowest BCUT2D eigenvalue weighted by atomic mass is 10.3. The number of aliphatic hydroxyl groups excluding tert-OH is 1. The van der Waals surface area contributed by atoms with Crippen molar-refractivity contribution in [3.05, 3.63) is 18.5 Å². The van der Waals surface area contributed by atoms with Crippen molar-refractivity contribution in [2.24, 2.45) is 0 Å². The van der Waals surface area contributed by atoms with Gasteiger partial charge in [-0.05, 0) is 12.5 Å². The molecular formula is C10H13N7O. The highest BCUT2D eigenvalue weighted by Gasteiger charge is 2.23. The van der Waals surface area contributed by atoms with E-state index in [0.29, 0.717) is 31.4 Å². The second-order valence-corrected chi connectivity index (χ2v) is 4.13. The van der Waals surface area contributed by atoms with Crippen molar-refractivity contribution in [1.29, 1.82) is 0 Å². The van der Waals surface area contributed by atoms with Crippen molar-refractivity contribution in [2.45, 2.75) is 12.5 Å². The fourth-order valence-electron chi connectivity index (χ4n) is 1.92. The molecule has 8 heteroatoms. The molecule has 0 amide bonds. The summed E-state index contributed by atoms with van der Waals surface area (Å²) in [6.45, 7) is 1.23. The summed E-state index contributed by atoms with van der Waals surface area (Å²) in [6, 6.07) is 1.78. The molecule has 8 nitrogen and oxygen atoms in total. The second-order valence-electron chi connectivity index (χ2n) is 4.13. The van der Waals surface area contributed by atoms with Crippen molar-refractivity contribution in [1.82, 2.24) is 24.7 Å². The molecule has 1 fully saturated rings. The Labute approximate surface area is 103 Å². The first kappa shape index (κ1) is 10.9. The van der Waals surface area contributed by atoms with Gasteiger partial charge in [0.15, 0.2) is 0 Å². The van der Waals surface area contributed by atoms with E-state index in [1.165, 1.54) is 4.68 Å². The minimum atomic E-state index is -0.337. The number of aliphatic hydroxyl groups is 1. The quantitative estimate of drug-likeness (QED) is 0.716. The first-order valence-electron chi connectivity index (χ1n) is 5.67. The molecule has 18 heavy (non-hydrogen) atoms. The van der Waals surface area contributed by atoms with Gasteiger partial charge in [0.05, 0.1) is 6.10 Å². The maximum absolute atomic E-state index is 9.52. The zero-order valence-corrected chi connectivity index (χ0v) is 9.64. The van der Waals surface area contributed by atoms with Crippen molar-refractivity contribution in [3.8, 4) is 5.95 Å². The van der Waals surface area contributed by atoms with E-state index in [1.807, 2.05) is 4.90 Å². The Hall–Kier alpha value is -2.22. The van der Waals surface area contributed by atoms with E-state index in [2.05, 4.69) is 20.1 Å². The molecule has 1 aliphatic heterocycles. The van der Waals surface area contributed by atoms with E-state index >= 15 is 0 Å². The largest absolute Gasteiger partial charge is 0.391 e. The molecular weight excluding hydrogens is 234 g/mol. The number of hydrogen-bond acceptors (Lipinski definition) is 7. The third-order valence-electron chi connectivity index (χ3n) is 2.78. The number of β-amino-alcohol motifs (C(OH)–C–C–N with tert-alkyl or cyclic N) is 1. The van der Waals surface area contributed by atoms with Crippen LogP contribution in [-0.4, -0.2) is 49.0 Å². The van der Waals surface area contributed by atoms with Gasteiger partial charge in [-0.15, -0.1) is 0 Å². The van der Waals surface area contributed by atoms with Gasteiger partial charge in [-0.2, -0.15) is 20.1 Å². The molecule has 1 unspecified atom stereocenters. The van der Waals surface area contributed by atoms with Gasteiger partial charge in [-0.3, -0.25) is 0 Å². The van der Waals surface area contributed by atoms with Gasteiger partial charge in [-0.25, -0.2) is 4.68 Å². The average molecular weight is 247 g/mol.